The molecule has 1 N–H and O–H groups in total. The first-order valence-corrected chi connectivity index (χ1v) is 7.58. The molecule has 0 amide bonds. The summed E-state index contributed by atoms with van der Waals surface area (Å²) in [5, 5.41) is 5.55. The van der Waals surface area contributed by atoms with Gasteiger partial charge in [0.25, 0.3) is 0 Å². The van der Waals surface area contributed by atoms with Crippen LogP contribution in [0.15, 0.2) is 35.7 Å². The fraction of sp³-hybridized carbons (Fsp3) is 0.375. The van der Waals surface area contributed by atoms with Crippen molar-refractivity contribution in [2.24, 2.45) is 0 Å². The zero-order valence-corrected chi connectivity index (χ0v) is 12.6. The molecule has 3 heteroatoms. The second kappa shape index (κ2) is 6.73. The molecule has 0 aliphatic rings. The number of para-hydroxylation sites is 1. The lowest BCUT2D eigenvalue weighted by molar-refractivity contribution is 0.312. The molecular formula is C16H21NOS. The largest absolute Gasteiger partial charge is 0.493 e. The van der Waals surface area contributed by atoms with Gasteiger partial charge in [-0.2, -0.15) is 0 Å². The number of thiophene rings is 1. The zero-order valence-electron chi connectivity index (χ0n) is 11.8. The third-order valence-corrected chi connectivity index (χ3v) is 4.23. The van der Waals surface area contributed by atoms with E-state index in [1.54, 1.807) is 11.3 Å². The van der Waals surface area contributed by atoms with E-state index in [9.17, 15) is 0 Å². The molecule has 1 atom stereocenters. The molecule has 0 aliphatic heterocycles. The fourth-order valence-electron chi connectivity index (χ4n) is 2.17. The molecule has 1 heterocycles. The van der Waals surface area contributed by atoms with Crippen molar-refractivity contribution in [2.75, 3.05) is 13.7 Å². The van der Waals surface area contributed by atoms with Gasteiger partial charge in [-0.1, -0.05) is 25.1 Å². The number of ether oxygens (including phenoxy) is 1. The summed E-state index contributed by atoms with van der Waals surface area (Å²) in [6, 6.07) is 10.7. The molecule has 1 aromatic carbocycles. The number of benzene rings is 1. The van der Waals surface area contributed by atoms with E-state index in [0.29, 0.717) is 0 Å². The lowest BCUT2D eigenvalue weighted by Crippen LogP contribution is -2.18. The normalized spacial score (nSPS) is 12.4. The molecular weight excluding hydrogens is 254 g/mol. The second-order valence-electron chi connectivity index (χ2n) is 4.58. The zero-order chi connectivity index (χ0) is 13.7. The van der Waals surface area contributed by atoms with Crippen molar-refractivity contribution in [3.63, 3.8) is 0 Å². The van der Waals surface area contributed by atoms with Gasteiger partial charge in [-0.25, -0.2) is 0 Å². The van der Waals surface area contributed by atoms with Crippen LogP contribution in [0.3, 0.4) is 0 Å². The van der Waals surface area contributed by atoms with Crippen molar-refractivity contribution >= 4 is 11.3 Å². The summed E-state index contributed by atoms with van der Waals surface area (Å²) in [5.41, 5.74) is 2.54. The highest BCUT2D eigenvalue weighted by Gasteiger charge is 2.19. The maximum absolute atomic E-state index is 5.87. The summed E-state index contributed by atoms with van der Waals surface area (Å²) in [5.74, 6) is 0.983. The van der Waals surface area contributed by atoms with Crippen LogP contribution in [0.2, 0.25) is 0 Å². The first-order chi connectivity index (χ1) is 9.27. The maximum Gasteiger partial charge on any atom is 0.124 e. The molecule has 19 heavy (non-hydrogen) atoms. The number of rotatable bonds is 6. The quantitative estimate of drug-likeness (QED) is 0.855. The lowest BCUT2D eigenvalue weighted by Gasteiger charge is -2.20. The third-order valence-electron chi connectivity index (χ3n) is 3.14. The Morgan fingerprint density at radius 2 is 2.05 bits per heavy atom. The standard InChI is InChI=1S/C16H21NOS/c1-4-10-18-14-8-6-5-7-13(14)15(17-3)16-12(2)9-11-19-16/h5-9,11,15,17H,4,10H2,1-3H3. The van der Waals surface area contributed by atoms with Crippen molar-refractivity contribution in [1.29, 1.82) is 0 Å². The Morgan fingerprint density at radius 1 is 1.26 bits per heavy atom. The average molecular weight is 275 g/mol. The van der Waals surface area contributed by atoms with Crippen molar-refractivity contribution in [2.45, 2.75) is 26.3 Å². The summed E-state index contributed by atoms with van der Waals surface area (Å²) < 4.78 is 5.87. The van der Waals surface area contributed by atoms with Gasteiger partial charge in [-0.05, 0) is 43.5 Å². The minimum atomic E-state index is 0.202. The highest BCUT2D eigenvalue weighted by molar-refractivity contribution is 7.10. The fourth-order valence-corrected chi connectivity index (χ4v) is 3.22. The summed E-state index contributed by atoms with van der Waals surface area (Å²) in [4.78, 5) is 1.36. The maximum atomic E-state index is 5.87. The Kier molecular flexibility index (Phi) is 5.00. The summed E-state index contributed by atoms with van der Waals surface area (Å²) in [6.07, 6.45) is 1.02. The van der Waals surface area contributed by atoms with Crippen molar-refractivity contribution < 1.29 is 4.74 Å². The third kappa shape index (κ3) is 3.17. The van der Waals surface area contributed by atoms with Crippen LogP contribution in [0.25, 0.3) is 0 Å². The van der Waals surface area contributed by atoms with Crippen molar-refractivity contribution in [1.82, 2.24) is 5.32 Å². The topological polar surface area (TPSA) is 21.3 Å². The van der Waals surface area contributed by atoms with Crippen LogP contribution in [0.1, 0.15) is 35.4 Å². The van der Waals surface area contributed by atoms with Gasteiger partial charge in [-0.3, -0.25) is 0 Å². The molecule has 0 radical (unpaired) electrons. The van der Waals surface area contributed by atoms with Gasteiger partial charge in [0.2, 0.25) is 0 Å². The Morgan fingerprint density at radius 3 is 2.68 bits per heavy atom. The Balaban J connectivity index is 2.35. The SMILES string of the molecule is CCCOc1ccccc1C(NC)c1sccc1C. The number of aryl methyl sites for hydroxylation is 1. The molecule has 1 aromatic heterocycles. The van der Waals surface area contributed by atoms with E-state index in [1.807, 2.05) is 13.1 Å². The molecule has 0 saturated carbocycles. The van der Waals surface area contributed by atoms with E-state index in [0.717, 1.165) is 18.8 Å². The highest BCUT2D eigenvalue weighted by Crippen LogP contribution is 2.34. The number of nitrogens with one attached hydrogen (secondary N) is 1. The molecule has 1 unspecified atom stereocenters. The lowest BCUT2D eigenvalue weighted by atomic mass is 10.0. The molecule has 2 nitrogen and oxygen atoms in total. The minimum absolute atomic E-state index is 0.202. The van der Waals surface area contributed by atoms with Gasteiger partial charge in [0, 0.05) is 10.4 Å². The van der Waals surface area contributed by atoms with E-state index in [4.69, 9.17) is 4.74 Å². The van der Waals surface area contributed by atoms with Crippen molar-refractivity contribution in [3.05, 3.63) is 51.7 Å². The van der Waals surface area contributed by atoms with E-state index < -0.39 is 0 Å². The van der Waals surface area contributed by atoms with Crippen LogP contribution in [0.4, 0.5) is 0 Å². The van der Waals surface area contributed by atoms with Gasteiger partial charge in [-0.15, -0.1) is 11.3 Å². The van der Waals surface area contributed by atoms with E-state index in [1.165, 1.54) is 16.0 Å². The van der Waals surface area contributed by atoms with Crippen LogP contribution in [0.5, 0.6) is 5.75 Å². The summed E-state index contributed by atoms with van der Waals surface area (Å²) in [7, 11) is 2.00. The molecule has 102 valence electrons. The van der Waals surface area contributed by atoms with Crippen LogP contribution < -0.4 is 10.1 Å². The molecule has 0 bridgehead atoms. The van der Waals surface area contributed by atoms with E-state index in [-0.39, 0.29) is 6.04 Å². The Labute approximate surface area is 119 Å². The monoisotopic (exact) mass is 275 g/mol. The minimum Gasteiger partial charge on any atom is -0.493 e. The Hall–Kier alpha value is -1.32. The van der Waals surface area contributed by atoms with Crippen LogP contribution in [-0.4, -0.2) is 13.7 Å². The number of hydrogen-bond donors (Lipinski definition) is 1. The average Bonchev–Trinajstić information content (AvgIpc) is 2.85. The van der Waals surface area contributed by atoms with Crippen LogP contribution >= 0.6 is 11.3 Å². The number of hydrogen-bond acceptors (Lipinski definition) is 3. The molecule has 0 saturated heterocycles. The predicted octanol–water partition coefficient (Wildman–Crippen LogP) is 4.15. The predicted molar refractivity (Wildman–Crippen MR) is 82.2 cm³/mol. The first-order valence-electron chi connectivity index (χ1n) is 6.71. The van der Waals surface area contributed by atoms with E-state index in [2.05, 4.69) is 48.8 Å². The van der Waals surface area contributed by atoms with Crippen LogP contribution in [0, 0.1) is 6.92 Å². The molecule has 2 aromatic rings. The van der Waals surface area contributed by atoms with Gasteiger partial charge in [0.15, 0.2) is 0 Å². The van der Waals surface area contributed by atoms with Gasteiger partial charge in [0.1, 0.15) is 5.75 Å². The van der Waals surface area contributed by atoms with Gasteiger partial charge < -0.3 is 10.1 Å². The molecule has 0 fully saturated rings. The smallest absolute Gasteiger partial charge is 0.124 e. The summed E-state index contributed by atoms with van der Waals surface area (Å²) >= 11 is 1.79. The van der Waals surface area contributed by atoms with E-state index >= 15 is 0 Å². The van der Waals surface area contributed by atoms with Gasteiger partial charge >= 0.3 is 0 Å². The first kappa shape index (κ1) is 14.1. The second-order valence-corrected chi connectivity index (χ2v) is 5.52. The molecule has 0 spiro atoms. The Bertz CT molecular complexity index is 521. The molecule has 0 aliphatic carbocycles. The van der Waals surface area contributed by atoms with Crippen molar-refractivity contribution in [3.8, 4) is 5.75 Å². The summed E-state index contributed by atoms with van der Waals surface area (Å²) in [6.45, 7) is 5.05. The van der Waals surface area contributed by atoms with Crippen LogP contribution in [-0.2, 0) is 0 Å². The highest BCUT2D eigenvalue weighted by atomic mass is 32.1. The van der Waals surface area contributed by atoms with Gasteiger partial charge in [0.05, 0.1) is 12.6 Å². The molecule has 2 rings (SSSR count).